The van der Waals surface area contributed by atoms with Gasteiger partial charge in [-0.15, -0.1) is 0 Å². The molecule has 6 nitrogen and oxygen atoms in total. The first-order valence-corrected chi connectivity index (χ1v) is 7.54. The van der Waals surface area contributed by atoms with Gasteiger partial charge in [0.05, 0.1) is 13.0 Å². The van der Waals surface area contributed by atoms with Gasteiger partial charge in [-0.25, -0.2) is 4.98 Å². The first-order chi connectivity index (χ1) is 10.5. The Morgan fingerprint density at radius 2 is 2.32 bits per heavy atom. The van der Waals surface area contributed by atoms with Crippen molar-refractivity contribution < 1.29 is 14.3 Å². The minimum absolute atomic E-state index is 0.0628. The topological polar surface area (TPSA) is 71.5 Å². The van der Waals surface area contributed by atoms with Crippen LogP contribution in [0.4, 0.5) is 0 Å². The molecule has 1 atom stereocenters. The molecular weight excluding hydrogens is 282 g/mol. The van der Waals surface area contributed by atoms with Crippen LogP contribution in [0.2, 0.25) is 0 Å². The molecule has 0 aliphatic carbocycles. The lowest BCUT2D eigenvalue weighted by Crippen LogP contribution is -2.33. The highest BCUT2D eigenvalue weighted by atomic mass is 16.5. The minimum Gasteiger partial charge on any atom is -0.481 e. The third-order valence-corrected chi connectivity index (χ3v) is 3.67. The number of aromatic nitrogens is 1. The molecule has 0 saturated carbocycles. The largest absolute Gasteiger partial charge is 0.481 e. The number of nitrogens with one attached hydrogen (secondary N) is 1. The maximum Gasteiger partial charge on any atom is 0.225 e. The predicted molar refractivity (Wildman–Crippen MR) is 82.2 cm³/mol. The van der Waals surface area contributed by atoms with E-state index in [0.29, 0.717) is 37.9 Å². The van der Waals surface area contributed by atoms with Crippen molar-refractivity contribution in [2.75, 3.05) is 20.2 Å². The van der Waals surface area contributed by atoms with Crippen molar-refractivity contribution in [3.05, 3.63) is 23.9 Å². The third-order valence-electron chi connectivity index (χ3n) is 3.67. The minimum atomic E-state index is -0.270. The molecule has 22 heavy (non-hydrogen) atoms. The van der Waals surface area contributed by atoms with Gasteiger partial charge in [0.25, 0.3) is 0 Å². The Balaban J connectivity index is 1.89. The van der Waals surface area contributed by atoms with Crippen molar-refractivity contribution in [2.24, 2.45) is 11.8 Å². The molecule has 0 spiro atoms. The fourth-order valence-electron chi connectivity index (χ4n) is 2.63. The summed E-state index contributed by atoms with van der Waals surface area (Å²) >= 11 is 0. The summed E-state index contributed by atoms with van der Waals surface area (Å²) in [4.78, 5) is 30.0. The zero-order valence-electron chi connectivity index (χ0n) is 13.3. The summed E-state index contributed by atoms with van der Waals surface area (Å²) in [5, 5.41) is 2.87. The number of amides is 2. The van der Waals surface area contributed by atoms with Gasteiger partial charge in [0.1, 0.15) is 0 Å². The normalized spacial score (nSPS) is 17.9. The molecule has 0 unspecified atom stereocenters. The number of hydrogen-bond donors (Lipinski definition) is 1. The Morgan fingerprint density at radius 1 is 1.55 bits per heavy atom. The molecule has 120 valence electrons. The lowest BCUT2D eigenvalue weighted by Gasteiger charge is -2.18. The van der Waals surface area contributed by atoms with E-state index < -0.39 is 0 Å². The fraction of sp³-hybridized carbons (Fsp3) is 0.562. The number of methoxy groups -OCH3 is 1. The molecule has 1 aliphatic heterocycles. The van der Waals surface area contributed by atoms with Crippen LogP contribution in [0, 0.1) is 11.8 Å². The molecule has 2 heterocycles. The van der Waals surface area contributed by atoms with E-state index in [-0.39, 0.29) is 17.7 Å². The van der Waals surface area contributed by atoms with Gasteiger partial charge in [0.15, 0.2) is 0 Å². The van der Waals surface area contributed by atoms with Crippen molar-refractivity contribution in [2.45, 2.75) is 26.8 Å². The Hall–Kier alpha value is -2.11. The Morgan fingerprint density at radius 3 is 3.00 bits per heavy atom. The van der Waals surface area contributed by atoms with E-state index in [2.05, 4.69) is 24.1 Å². The zero-order valence-corrected chi connectivity index (χ0v) is 13.3. The number of nitrogens with zero attached hydrogens (tertiary/aromatic N) is 2. The van der Waals surface area contributed by atoms with Crippen LogP contribution in [0.1, 0.15) is 25.8 Å². The quantitative estimate of drug-likeness (QED) is 0.857. The molecular formula is C16H23N3O3. The Bertz CT molecular complexity index is 545. The summed E-state index contributed by atoms with van der Waals surface area (Å²) in [5.74, 6) is 0.615. The fourth-order valence-corrected chi connectivity index (χ4v) is 2.63. The predicted octanol–water partition coefficient (Wildman–Crippen LogP) is 1.21. The average Bonchev–Trinajstić information content (AvgIpc) is 2.85. The number of pyridine rings is 1. The highest BCUT2D eigenvalue weighted by molar-refractivity contribution is 5.89. The molecule has 1 aromatic heterocycles. The zero-order chi connectivity index (χ0) is 16.1. The number of rotatable bonds is 6. The summed E-state index contributed by atoms with van der Waals surface area (Å²) in [7, 11) is 1.55. The van der Waals surface area contributed by atoms with E-state index in [4.69, 9.17) is 4.74 Å². The second-order valence-electron chi connectivity index (χ2n) is 5.98. The molecule has 2 rings (SSSR count). The van der Waals surface area contributed by atoms with E-state index in [9.17, 15) is 9.59 Å². The molecule has 0 aromatic carbocycles. The summed E-state index contributed by atoms with van der Waals surface area (Å²) in [5.41, 5.74) is 0.821. The molecule has 0 radical (unpaired) electrons. The molecule has 0 bridgehead atoms. The molecule has 1 saturated heterocycles. The Labute approximate surface area is 130 Å². The van der Waals surface area contributed by atoms with E-state index in [1.807, 2.05) is 6.07 Å². The van der Waals surface area contributed by atoms with Crippen molar-refractivity contribution >= 4 is 11.8 Å². The van der Waals surface area contributed by atoms with Gasteiger partial charge >= 0.3 is 0 Å². The van der Waals surface area contributed by atoms with Crippen LogP contribution < -0.4 is 10.1 Å². The van der Waals surface area contributed by atoms with Crippen LogP contribution in [0.3, 0.4) is 0 Å². The van der Waals surface area contributed by atoms with Gasteiger partial charge in [0.2, 0.25) is 17.7 Å². The van der Waals surface area contributed by atoms with Crippen LogP contribution in [0.5, 0.6) is 5.88 Å². The van der Waals surface area contributed by atoms with Crippen molar-refractivity contribution in [3.8, 4) is 5.88 Å². The number of hydrogen-bond acceptors (Lipinski definition) is 4. The van der Waals surface area contributed by atoms with E-state index in [1.165, 1.54) is 0 Å². The van der Waals surface area contributed by atoms with Crippen molar-refractivity contribution in [1.82, 2.24) is 15.2 Å². The van der Waals surface area contributed by atoms with Gasteiger partial charge in [0, 0.05) is 37.8 Å². The van der Waals surface area contributed by atoms with Gasteiger partial charge in [-0.3, -0.25) is 9.59 Å². The monoisotopic (exact) mass is 305 g/mol. The number of carbonyl (C=O) groups excluding carboxylic acids is 2. The molecule has 1 fully saturated rings. The van der Waals surface area contributed by atoms with E-state index >= 15 is 0 Å². The van der Waals surface area contributed by atoms with E-state index in [1.54, 1.807) is 24.3 Å². The maximum absolute atomic E-state index is 12.2. The first-order valence-electron chi connectivity index (χ1n) is 7.54. The second-order valence-corrected chi connectivity index (χ2v) is 5.98. The number of ether oxygens (including phenoxy) is 1. The average molecular weight is 305 g/mol. The highest BCUT2D eigenvalue weighted by Crippen LogP contribution is 2.20. The Kier molecular flexibility index (Phi) is 5.35. The highest BCUT2D eigenvalue weighted by Gasteiger charge is 2.34. The lowest BCUT2D eigenvalue weighted by atomic mass is 10.1. The standard InChI is InChI=1S/C16H23N3O3/c1-11(2)9-19-10-13(7-14(19)20)15(21)18-8-12-5-4-6-17-16(12)22-3/h4-6,11,13H,7-10H2,1-3H3,(H,18,21)/t13-/m0/s1. The van der Waals surface area contributed by atoms with Crippen molar-refractivity contribution in [3.63, 3.8) is 0 Å². The molecule has 1 aliphatic rings. The van der Waals surface area contributed by atoms with Crippen LogP contribution in [0.15, 0.2) is 18.3 Å². The lowest BCUT2D eigenvalue weighted by molar-refractivity contribution is -0.129. The van der Waals surface area contributed by atoms with Gasteiger partial charge in [-0.05, 0) is 12.0 Å². The summed E-state index contributed by atoms with van der Waals surface area (Å²) < 4.78 is 5.16. The molecule has 1 N–H and O–H groups in total. The van der Waals surface area contributed by atoms with Gasteiger partial charge in [-0.1, -0.05) is 19.9 Å². The van der Waals surface area contributed by atoms with E-state index in [0.717, 1.165) is 5.56 Å². The van der Waals surface area contributed by atoms with Crippen LogP contribution in [-0.2, 0) is 16.1 Å². The molecule has 6 heteroatoms. The second kappa shape index (κ2) is 7.24. The van der Waals surface area contributed by atoms with Gasteiger partial charge < -0.3 is 15.0 Å². The van der Waals surface area contributed by atoms with Gasteiger partial charge in [-0.2, -0.15) is 0 Å². The van der Waals surface area contributed by atoms with Crippen LogP contribution in [-0.4, -0.2) is 41.9 Å². The number of likely N-dealkylation sites (tertiary alicyclic amines) is 1. The van der Waals surface area contributed by atoms with Crippen LogP contribution in [0.25, 0.3) is 0 Å². The summed E-state index contributed by atoms with van der Waals surface area (Å²) in [6.45, 7) is 5.70. The smallest absolute Gasteiger partial charge is 0.225 e. The molecule has 2 amide bonds. The third kappa shape index (κ3) is 3.96. The SMILES string of the molecule is COc1ncccc1CNC(=O)[C@H]1CC(=O)N(CC(C)C)C1. The summed E-state index contributed by atoms with van der Waals surface area (Å²) in [6.07, 6.45) is 1.94. The van der Waals surface area contributed by atoms with Crippen LogP contribution >= 0.6 is 0 Å². The van der Waals surface area contributed by atoms with Crippen molar-refractivity contribution in [1.29, 1.82) is 0 Å². The first kappa shape index (κ1) is 16.3. The molecule has 1 aromatic rings. The summed E-state index contributed by atoms with van der Waals surface area (Å²) in [6, 6.07) is 3.66. The number of carbonyl (C=O) groups is 2. The maximum atomic E-state index is 12.2.